The van der Waals surface area contributed by atoms with Gasteiger partial charge in [-0.05, 0) is 5.19 Å². The van der Waals surface area contributed by atoms with Crippen LogP contribution in [0, 0.1) is 0 Å². The molecular weight excluding hydrogens is 148 g/mol. The molecule has 0 aliphatic rings. The predicted molar refractivity (Wildman–Crippen MR) is 44.9 cm³/mol. The molecule has 0 aromatic heterocycles. The number of halogens is 1. The van der Waals surface area contributed by atoms with E-state index in [1.807, 2.05) is 18.2 Å². The molecule has 0 fully saturated rings. The number of hydrogen-bond acceptors (Lipinski definition) is 0. The monoisotopic (exact) mass is 156 g/mol. The van der Waals surface area contributed by atoms with Gasteiger partial charge in [0.15, 0.2) is 8.11 Å². The minimum Gasteiger partial charge on any atom is -0.166 e. The average molecular weight is 157 g/mol. The Balaban J connectivity index is 2.85. The lowest BCUT2D eigenvalue weighted by Gasteiger charge is -1.97. The van der Waals surface area contributed by atoms with Crippen molar-refractivity contribution >= 4 is 24.4 Å². The van der Waals surface area contributed by atoms with Gasteiger partial charge in [-0.3, -0.25) is 0 Å². The summed E-state index contributed by atoms with van der Waals surface area (Å²) in [5, 5.41) is 1.32. The third-order valence-corrected chi connectivity index (χ3v) is 3.32. The Bertz CT molecular complexity index is 172. The second-order valence-corrected chi connectivity index (χ2v) is 5.89. The van der Waals surface area contributed by atoms with Gasteiger partial charge >= 0.3 is 0 Å². The maximum absolute atomic E-state index is 5.94. The van der Waals surface area contributed by atoms with E-state index in [4.69, 9.17) is 11.1 Å². The summed E-state index contributed by atoms with van der Waals surface area (Å²) in [6.45, 7) is 2.11. The highest BCUT2D eigenvalue weighted by Crippen LogP contribution is 1.90. The summed E-state index contributed by atoms with van der Waals surface area (Å²) in [6.07, 6.45) is 0. The Morgan fingerprint density at radius 1 is 1.22 bits per heavy atom. The molecule has 1 rings (SSSR count). The quantitative estimate of drug-likeness (QED) is 0.427. The highest BCUT2D eigenvalue weighted by molar-refractivity contribution is 7.13. The zero-order chi connectivity index (χ0) is 6.69. The van der Waals surface area contributed by atoms with Crippen molar-refractivity contribution in [2.24, 2.45) is 0 Å². The lowest BCUT2D eigenvalue weighted by molar-refractivity contribution is 1.76. The predicted octanol–water partition coefficient (Wildman–Crippen LogP) is 1.49. The van der Waals surface area contributed by atoms with Crippen LogP contribution in [0.25, 0.3) is 0 Å². The number of benzene rings is 1. The first-order valence-electron chi connectivity index (χ1n) is 2.99. The first kappa shape index (κ1) is 6.84. The molecule has 1 atom stereocenters. The molecule has 0 spiro atoms. The molecule has 0 bridgehead atoms. The van der Waals surface area contributed by atoms with Gasteiger partial charge in [-0.2, -0.15) is 11.1 Å². The number of hydrogen-bond donors (Lipinski definition) is 0. The summed E-state index contributed by atoms with van der Waals surface area (Å²) in [5.41, 5.74) is 0. The Kier molecular flexibility index (Phi) is 2.31. The molecule has 48 valence electrons. The third kappa shape index (κ3) is 1.84. The van der Waals surface area contributed by atoms with E-state index in [2.05, 4.69) is 18.7 Å². The SMILES string of the molecule is C[SiH](Cl)c1ccccc1. The van der Waals surface area contributed by atoms with Gasteiger partial charge in [0.05, 0.1) is 0 Å². The van der Waals surface area contributed by atoms with Gasteiger partial charge in [0.25, 0.3) is 0 Å². The molecule has 1 aromatic rings. The summed E-state index contributed by atoms with van der Waals surface area (Å²) in [5.74, 6) is 0. The Morgan fingerprint density at radius 3 is 2.11 bits per heavy atom. The molecular formula is C7H9ClSi. The molecule has 1 unspecified atom stereocenters. The Morgan fingerprint density at radius 2 is 1.78 bits per heavy atom. The molecule has 0 aliphatic carbocycles. The zero-order valence-corrected chi connectivity index (χ0v) is 7.25. The summed E-state index contributed by atoms with van der Waals surface area (Å²) in [4.78, 5) is 0. The van der Waals surface area contributed by atoms with Crippen LogP contribution in [0.3, 0.4) is 0 Å². The lowest BCUT2D eigenvalue weighted by Crippen LogP contribution is -2.18. The standard InChI is InChI=1S/C7H9ClSi/c1-9(8)7-5-3-2-4-6-7/h2-6,9H,1H3. The summed E-state index contributed by atoms with van der Waals surface area (Å²) < 4.78 is 0. The highest BCUT2D eigenvalue weighted by atomic mass is 35.6. The molecule has 0 N–H and O–H groups in total. The van der Waals surface area contributed by atoms with Gasteiger partial charge in [-0.25, -0.2) is 0 Å². The molecule has 0 saturated heterocycles. The van der Waals surface area contributed by atoms with E-state index < -0.39 is 8.11 Å². The molecule has 0 saturated carbocycles. The van der Waals surface area contributed by atoms with Gasteiger partial charge in [0.1, 0.15) is 0 Å². The van der Waals surface area contributed by atoms with Crippen molar-refractivity contribution in [3.8, 4) is 0 Å². The second-order valence-electron chi connectivity index (χ2n) is 2.03. The van der Waals surface area contributed by atoms with Crippen LogP contribution in [0.5, 0.6) is 0 Å². The van der Waals surface area contributed by atoms with Crippen molar-refractivity contribution in [3.63, 3.8) is 0 Å². The first-order chi connectivity index (χ1) is 4.30. The van der Waals surface area contributed by atoms with E-state index in [-0.39, 0.29) is 0 Å². The Hall–Kier alpha value is -0.273. The largest absolute Gasteiger partial charge is 0.168 e. The smallest absolute Gasteiger partial charge is 0.166 e. The minimum atomic E-state index is -1.06. The zero-order valence-electron chi connectivity index (χ0n) is 5.34. The van der Waals surface area contributed by atoms with Crippen LogP contribution in [0.2, 0.25) is 6.55 Å². The van der Waals surface area contributed by atoms with Crippen molar-refractivity contribution in [1.29, 1.82) is 0 Å². The van der Waals surface area contributed by atoms with Crippen molar-refractivity contribution in [1.82, 2.24) is 0 Å². The fourth-order valence-corrected chi connectivity index (χ4v) is 1.91. The third-order valence-electron chi connectivity index (χ3n) is 1.26. The molecule has 2 heteroatoms. The molecule has 0 aliphatic heterocycles. The van der Waals surface area contributed by atoms with Crippen LogP contribution < -0.4 is 5.19 Å². The van der Waals surface area contributed by atoms with E-state index in [1.54, 1.807) is 0 Å². The van der Waals surface area contributed by atoms with Crippen LogP contribution in [-0.4, -0.2) is 8.11 Å². The van der Waals surface area contributed by atoms with E-state index in [0.717, 1.165) is 0 Å². The fraction of sp³-hybridized carbons (Fsp3) is 0.143. The van der Waals surface area contributed by atoms with Crippen molar-refractivity contribution in [3.05, 3.63) is 30.3 Å². The van der Waals surface area contributed by atoms with E-state index in [1.165, 1.54) is 5.19 Å². The molecule has 0 amide bonds. The van der Waals surface area contributed by atoms with Crippen LogP contribution in [0.15, 0.2) is 30.3 Å². The first-order valence-corrected chi connectivity index (χ1v) is 6.47. The molecule has 0 heterocycles. The summed E-state index contributed by atoms with van der Waals surface area (Å²) in [7, 11) is -1.06. The van der Waals surface area contributed by atoms with Crippen LogP contribution in [0.1, 0.15) is 0 Å². The van der Waals surface area contributed by atoms with E-state index >= 15 is 0 Å². The highest BCUT2D eigenvalue weighted by Gasteiger charge is 1.98. The van der Waals surface area contributed by atoms with Crippen molar-refractivity contribution < 1.29 is 0 Å². The minimum absolute atomic E-state index is 1.06. The van der Waals surface area contributed by atoms with Crippen molar-refractivity contribution in [2.75, 3.05) is 0 Å². The normalized spacial score (nSPS) is 13.1. The van der Waals surface area contributed by atoms with Crippen LogP contribution >= 0.6 is 11.1 Å². The van der Waals surface area contributed by atoms with Gasteiger partial charge in [0, 0.05) is 0 Å². The van der Waals surface area contributed by atoms with Gasteiger partial charge in [-0.1, -0.05) is 36.9 Å². The molecule has 1 aromatic carbocycles. The van der Waals surface area contributed by atoms with E-state index in [0.29, 0.717) is 0 Å². The maximum atomic E-state index is 5.94. The van der Waals surface area contributed by atoms with Gasteiger partial charge in [0.2, 0.25) is 0 Å². The maximum Gasteiger partial charge on any atom is 0.168 e. The van der Waals surface area contributed by atoms with Crippen LogP contribution in [0.4, 0.5) is 0 Å². The van der Waals surface area contributed by atoms with Crippen molar-refractivity contribution in [2.45, 2.75) is 6.55 Å². The molecule has 9 heavy (non-hydrogen) atoms. The topological polar surface area (TPSA) is 0 Å². The second kappa shape index (κ2) is 3.04. The summed E-state index contributed by atoms with van der Waals surface area (Å²) >= 11 is 5.94. The van der Waals surface area contributed by atoms with Crippen LogP contribution in [-0.2, 0) is 0 Å². The van der Waals surface area contributed by atoms with Gasteiger partial charge < -0.3 is 0 Å². The molecule has 0 radical (unpaired) electrons. The van der Waals surface area contributed by atoms with E-state index in [9.17, 15) is 0 Å². The fourth-order valence-electron chi connectivity index (χ4n) is 0.718. The van der Waals surface area contributed by atoms with Gasteiger partial charge in [-0.15, -0.1) is 0 Å². The lowest BCUT2D eigenvalue weighted by atomic mass is 10.4. The molecule has 0 nitrogen and oxygen atoms in total. The Labute approximate surface area is 61.8 Å². The number of rotatable bonds is 1. The summed E-state index contributed by atoms with van der Waals surface area (Å²) in [6, 6.07) is 10.2. The average Bonchev–Trinajstić information content (AvgIpc) is 1.90.